The predicted octanol–water partition coefficient (Wildman–Crippen LogP) is 1.18. The van der Waals surface area contributed by atoms with Crippen molar-refractivity contribution >= 4 is 5.97 Å². The Labute approximate surface area is 69.1 Å². The van der Waals surface area contributed by atoms with Gasteiger partial charge in [-0.25, -0.2) is 4.79 Å². The summed E-state index contributed by atoms with van der Waals surface area (Å²) >= 11 is 0. The van der Waals surface area contributed by atoms with Gasteiger partial charge in [-0.2, -0.15) is 30.3 Å². The first kappa shape index (κ1) is 9.20. The Morgan fingerprint density at radius 3 is 2.20 bits per heavy atom. The Balaban J connectivity index is 0.000000810. The molecule has 1 aromatic carbocycles. The molecule has 0 amide bonds. The molecule has 1 N–H and O–H groups in total. The minimum absolute atomic E-state index is 0. The zero-order chi connectivity index (χ0) is 6.69. The molecule has 1 radical (unpaired) electrons. The molecule has 0 atom stereocenters. The third-order valence-corrected chi connectivity index (χ3v) is 0.965. The van der Waals surface area contributed by atoms with Gasteiger partial charge in [-0.3, -0.25) is 0 Å². The molecule has 0 saturated carbocycles. The summed E-state index contributed by atoms with van der Waals surface area (Å²) in [5.74, 6) is -0.899. The van der Waals surface area contributed by atoms with E-state index in [-0.39, 0.29) is 16.8 Å². The quantitative estimate of drug-likeness (QED) is 0.659. The molecule has 1 rings (SSSR count). The summed E-state index contributed by atoms with van der Waals surface area (Å²) in [6.07, 6.45) is 0. The van der Waals surface area contributed by atoms with Crippen LogP contribution < -0.4 is 0 Å². The molecule has 0 aliphatic heterocycles. The predicted molar refractivity (Wildman–Crippen MR) is 32.2 cm³/mol. The van der Waals surface area contributed by atoms with Gasteiger partial charge in [0.15, 0.2) is 0 Å². The van der Waals surface area contributed by atoms with E-state index in [1.54, 1.807) is 12.1 Å². The van der Waals surface area contributed by atoms with E-state index in [1.165, 1.54) is 12.1 Å². The van der Waals surface area contributed by atoms with Crippen LogP contribution in [-0.2, 0) is 16.8 Å². The number of rotatable bonds is 1. The normalized spacial score (nSPS) is 8.00. The first-order valence-corrected chi connectivity index (χ1v) is 2.50. The summed E-state index contributed by atoms with van der Waals surface area (Å²) in [5.41, 5.74) is 0.300. The fourth-order valence-electron chi connectivity index (χ4n) is 0.529. The molecular weight excluding hydrogens is 175 g/mol. The van der Waals surface area contributed by atoms with Crippen LogP contribution >= 0.6 is 0 Å². The molecule has 2 nitrogen and oxygen atoms in total. The number of benzene rings is 1. The van der Waals surface area contributed by atoms with Crippen molar-refractivity contribution in [3.05, 3.63) is 35.9 Å². The molecule has 0 aliphatic carbocycles. The molecule has 55 valence electrons. The van der Waals surface area contributed by atoms with E-state index in [0.717, 1.165) is 0 Å². The van der Waals surface area contributed by atoms with Gasteiger partial charge in [0, 0.05) is 16.8 Å². The van der Waals surface area contributed by atoms with E-state index >= 15 is 0 Å². The van der Waals surface area contributed by atoms with Gasteiger partial charge < -0.3 is 5.11 Å². The second-order valence-corrected chi connectivity index (χ2v) is 1.59. The number of hydrogen-bond donors (Lipinski definition) is 1. The minimum Gasteiger partial charge on any atom is -0.479 e. The first-order valence-electron chi connectivity index (χ1n) is 2.50. The van der Waals surface area contributed by atoms with Crippen LogP contribution in [0.1, 0.15) is 10.4 Å². The van der Waals surface area contributed by atoms with E-state index in [4.69, 9.17) is 5.11 Å². The maximum atomic E-state index is 10.2. The topological polar surface area (TPSA) is 37.3 Å². The Hall–Kier alpha value is -0.804. The van der Waals surface area contributed by atoms with E-state index in [0.29, 0.717) is 5.56 Å². The van der Waals surface area contributed by atoms with Gasteiger partial charge in [-0.15, -0.1) is 0 Å². The first-order chi connectivity index (χ1) is 4.30. The van der Waals surface area contributed by atoms with Crippen molar-refractivity contribution < 1.29 is 26.7 Å². The molecule has 0 heterocycles. The summed E-state index contributed by atoms with van der Waals surface area (Å²) < 4.78 is 0. The van der Waals surface area contributed by atoms with Crippen LogP contribution in [0.3, 0.4) is 0 Å². The SMILES string of the molecule is O=C(O)c1cc[c-]cc1.[Co]. The maximum Gasteiger partial charge on any atom is 0.311 e. The van der Waals surface area contributed by atoms with Crippen LogP contribution in [0.5, 0.6) is 0 Å². The minimum atomic E-state index is -0.899. The summed E-state index contributed by atoms with van der Waals surface area (Å²) in [6, 6.07) is 8.87. The molecule has 0 fully saturated rings. The van der Waals surface area contributed by atoms with Crippen molar-refractivity contribution in [1.82, 2.24) is 0 Å². The molecule has 0 saturated heterocycles. The Morgan fingerprint density at radius 1 is 1.40 bits per heavy atom. The van der Waals surface area contributed by atoms with Gasteiger partial charge >= 0.3 is 5.97 Å². The molecule has 0 aromatic heterocycles. The molecule has 0 aliphatic rings. The van der Waals surface area contributed by atoms with Gasteiger partial charge in [0.1, 0.15) is 0 Å². The van der Waals surface area contributed by atoms with Gasteiger partial charge in [-0.1, -0.05) is 0 Å². The van der Waals surface area contributed by atoms with Crippen molar-refractivity contribution in [2.24, 2.45) is 0 Å². The van der Waals surface area contributed by atoms with Gasteiger partial charge in [0.2, 0.25) is 0 Å². The van der Waals surface area contributed by atoms with Crippen LogP contribution in [0.25, 0.3) is 0 Å². The van der Waals surface area contributed by atoms with Crippen molar-refractivity contribution in [2.45, 2.75) is 0 Å². The number of carboxylic acids is 1. The molecule has 0 spiro atoms. The van der Waals surface area contributed by atoms with Gasteiger partial charge in [0.25, 0.3) is 0 Å². The number of hydrogen-bond acceptors (Lipinski definition) is 1. The van der Waals surface area contributed by atoms with E-state index in [1.807, 2.05) is 0 Å². The van der Waals surface area contributed by atoms with Crippen molar-refractivity contribution in [1.29, 1.82) is 0 Å². The van der Waals surface area contributed by atoms with Crippen molar-refractivity contribution in [3.8, 4) is 0 Å². The van der Waals surface area contributed by atoms with Crippen molar-refractivity contribution in [3.63, 3.8) is 0 Å². The molecular formula is C7H5CoO2-. The average molecular weight is 180 g/mol. The third-order valence-electron chi connectivity index (χ3n) is 0.965. The van der Waals surface area contributed by atoms with Gasteiger partial charge in [0.05, 0.1) is 0 Å². The molecule has 0 unspecified atom stereocenters. The van der Waals surface area contributed by atoms with Crippen LogP contribution in [0.4, 0.5) is 0 Å². The smallest absolute Gasteiger partial charge is 0.311 e. The fraction of sp³-hybridized carbons (Fsp3) is 0. The summed E-state index contributed by atoms with van der Waals surface area (Å²) in [4.78, 5) is 10.2. The summed E-state index contributed by atoms with van der Waals surface area (Å²) in [5, 5.41) is 8.37. The Morgan fingerprint density at radius 2 is 1.90 bits per heavy atom. The van der Waals surface area contributed by atoms with E-state index < -0.39 is 5.97 Å². The van der Waals surface area contributed by atoms with Gasteiger partial charge in [-0.05, 0) is 5.56 Å². The van der Waals surface area contributed by atoms with Crippen molar-refractivity contribution in [2.75, 3.05) is 0 Å². The Kier molecular flexibility index (Phi) is 3.75. The number of carboxylic acid groups (broad SMARTS) is 1. The van der Waals surface area contributed by atoms with E-state index in [2.05, 4.69) is 6.07 Å². The monoisotopic (exact) mass is 180 g/mol. The number of carbonyl (C=O) groups is 1. The number of aromatic carboxylic acids is 1. The van der Waals surface area contributed by atoms with E-state index in [9.17, 15) is 4.79 Å². The Bertz CT molecular complexity index is 208. The maximum absolute atomic E-state index is 10.2. The van der Waals surface area contributed by atoms with Crippen LogP contribution in [0.2, 0.25) is 0 Å². The van der Waals surface area contributed by atoms with Crippen LogP contribution in [-0.4, -0.2) is 11.1 Å². The van der Waals surface area contributed by atoms with Crippen LogP contribution in [0.15, 0.2) is 24.3 Å². The fourth-order valence-corrected chi connectivity index (χ4v) is 0.529. The molecule has 10 heavy (non-hydrogen) atoms. The second kappa shape index (κ2) is 4.08. The largest absolute Gasteiger partial charge is 0.479 e. The standard InChI is InChI=1S/C7H5O2.Co/c8-7(9)6-4-2-1-3-5-6;/h2-5H,(H,8,9);/q-1;. The van der Waals surface area contributed by atoms with Crippen LogP contribution in [0, 0.1) is 6.07 Å². The summed E-state index contributed by atoms with van der Waals surface area (Å²) in [6.45, 7) is 0. The molecule has 0 bridgehead atoms. The zero-order valence-corrected chi connectivity index (χ0v) is 6.04. The molecule has 1 aromatic rings. The molecule has 3 heteroatoms. The third kappa shape index (κ3) is 2.20. The second-order valence-electron chi connectivity index (χ2n) is 1.59. The average Bonchev–Trinajstić information content (AvgIpc) is 1.90. The zero-order valence-electron chi connectivity index (χ0n) is 5.00. The summed E-state index contributed by atoms with van der Waals surface area (Å²) in [7, 11) is 0.